The lowest BCUT2D eigenvalue weighted by atomic mass is 10.1. The van der Waals surface area contributed by atoms with E-state index in [9.17, 15) is 9.59 Å². The normalized spacial score (nSPS) is 10.7. The van der Waals surface area contributed by atoms with Gasteiger partial charge in [-0.25, -0.2) is 4.98 Å². The molecular formula is C24H22N4O2. The van der Waals surface area contributed by atoms with Crippen molar-refractivity contribution in [3.63, 3.8) is 0 Å². The van der Waals surface area contributed by atoms with Crippen molar-refractivity contribution in [1.82, 2.24) is 9.38 Å². The number of hydrogen-bond donors (Lipinski definition) is 2. The van der Waals surface area contributed by atoms with Crippen molar-refractivity contribution >= 4 is 28.7 Å². The Balaban J connectivity index is 1.65. The van der Waals surface area contributed by atoms with Crippen molar-refractivity contribution in [2.24, 2.45) is 0 Å². The number of rotatable bonds is 5. The lowest BCUT2D eigenvalue weighted by molar-refractivity contribution is 0.101. The number of carbonyl (C=O) groups is 2. The van der Waals surface area contributed by atoms with Crippen LogP contribution in [0.4, 0.5) is 11.4 Å². The largest absolute Gasteiger partial charge is 0.321 e. The zero-order valence-electron chi connectivity index (χ0n) is 16.8. The minimum absolute atomic E-state index is 0.153. The molecule has 0 aliphatic carbocycles. The Morgan fingerprint density at radius 2 is 1.63 bits per heavy atom. The van der Waals surface area contributed by atoms with Crippen molar-refractivity contribution in [2.75, 3.05) is 10.6 Å². The number of hydrogen-bond acceptors (Lipinski definition) is 3. The standard InChI is InChI=1S/C24H22N4O2/c1-3-17-11-13-18(14-12-17)25-23(29)21-20-10-6-7-15-28(20)22(27-21)24(30)26-19-9-5-4-8-16(19)2/h4-15H,3H2,1-2H3,(H,25,29)(H,26,30). The van der Waals surface area contributed by atoms with Crippen LogP contribution in [0.25, 0.3) is 5.52 Å². The molecule has 0 atom stereocenters. The van der Waals surface area contributed by atoms with Crippen LogP contribution < -0.4 is 10.6 Å². The highest BCUT2D eigenvalue weighted by atomic mass is 16.2. The lowest BCUT2D eigenvalue weighted by Gasteiger charge is -2.07. The molecule has 2 heterocycles. The van der Waals surface area contributed by atoms with E-state index >= 15 is 0 Å². The number of aromatic nitrogens is 2. The highest BCUT2D eigenvalue weighted by Crippen LogP contribution is 2.19. The number of carbonyl (C=O) groups excluding carboxylic acids is 2. The van der Waals surface area contributed by atoms with Crippen molar-refractivity contribution in [2.45, 2.75) is 20.3 Å². The molecule has 0 fully saturated rings. The fourth-order valence-electron chi connectivity index (χ4n) is 3.27. The minimum atomic E-state index is -0.378. The molecule has 6 heteroatoms. The molecule has 0 aliphatic rings. The van der Waals surface area contributed by atoms with E-state index in [0.29, 0.717) is 16.9 Å². The van der Waals surface area contributed by atoms with Gasteiger partial charge in [-0.3, -0.25) is 14.0 Å². The number of para-hydroxylation sites is 1. The zero-order valence-corrected chi connectivity index (χ0v) is 16.8. The molecule has 4 rings (SSSR count). The van der Waals surface area contributed by atoms with Crippen molar-refractivity contribution < 1.29 is 9.59 Å². The molecule has 2 aromatic heterocycles. The number of nitrogens with one attached hydrogen (secondary N) is 2. The summed E-state index contributed by atoms with van der Waals surface area (Å²) in [4.78, 5) is 30.2. The van der Waals surface area contributed by atoms with Crippen LogP contribution in [0.15, 0.2) is 72.9 Å². The monoisotopic (exact) mass is 398 g/mol. The Morgan fingerprint density at radius 1 is 0.900 bits per heavy atom. The van der Waals surface area contributed by atoms with Gasteiger partial charge in [0.2, 0.25) is 5.82 Å². The van der Waals surface area contributed by atoms with Gasteiger partial charge in [0.25, 0.3) is 11.8 Å². The number of amides is 2. The summed E-state index contributed by atoms with van der Waals surface area (Å²) in [6, 6.07) is 20.6. The molecule has 0 saturated carbocycles. The third kappa shape index (κ3) is 3.80. The van der Waals surface area contributed by atoms with Crippen molar-refractivity contribution in [3.05, 3.63) is 95.6 Å². The van der Waals surface area contributed by atoms with Gasteiger partial charge in [-0.1, -0.05) is 43.3 Å². The van der Waals surface area contributed by atoms with Crippen LogP contribution >= 0.6 is 0 Å². The third-order valence-corrected chi connectivity index (χ3v) is 4.98. The van der Waals surface area contributed by atoms with Crippen LogP contribution in [0.2, 0.25) is 0 Å². The van der Waals surface area contributed by atoms with Crippen LogP contribution in [-0.4, -0.2) is 21.2 Å². The highest BCUT2D eigenvalue weighted by molar-refractivity contribution is 6.10. The number of pyridine rings is 1. The summed E-state index contributed by atoms with van der Waals surface area (Å²) < 4.78 is 1.63. The quantitative estimate of drug-likeness (QED) is 0.511. The molecule has 2 amide bonds. The molecule has 0 radical (unpaired) electrons. The first kappa shape index (κ1) is 19.4. The Morgan fingerprint density at radius 3 is 2.37 bits per heavy atom. The smallest absolute Gasteiger partial charge is 0.292 e. The van der Waals surface area contributed by atoms with Gasteiger partial charge in [-0.2, -0.15) is 0 Å². The molecule has 150 valence electrons. The second-order valence-electron chi connectivity index (χ2n) is 7.01. The SMILES string of the molecule is CCc1ccc(NC(=O)c2nc(C(=O)Nc3ccccc3C)n3ccccc23)cc1. The predicted octanol–water partition coefficient (Wildman–Crippen LogP) is 4.71. The van der Waals surface area contributed by atoms with Gasteiger partial charge in [-0.05, 0) is 54.8 Å². The molecule has 4 aromatic rings. The summed E-state index contributed by atoms with van der Waals surface area (Å²) in [5, 5.41) is 5.75. The van der Waals surface area contributed by atoms with Gasteiger partial charge in [-0.15, -0.1) is 0 Å². The molecule has 30 heavy (non-hydrogen) atoms. The average Bonchev–Trinajstić information content (AvgIpc) is 3.16. The zero-order chi connectivity index (χ0) is 21.1. The molecule has 0 aliphatic heterocycles. The molecule has 2 N–H and O–H groups in total. The second-order valence-corrected chi connectivity index (χ2v) is 7.01. The average molecular weight is 398 g/mol. The molecule has 2 aromatic carbocycles. The molecule has 0 bridgehead atoms. The summed E-state index contributed by atoms with van der Waals surface area (Å²) in [5.74, 6) is -0.588. The van der Waals surface area contributed by atoms with E-state index in [1.807, 2.05) is 61.5 Å². The van der Waals surface area contributed by atoms with Gasteiger partial charge >= 0.3 is 0 Å². The molecule has 0 saturated heterocycles. The highest BCUT2D eigenvalue weighted by Gasteiger charge is 2.22. The molecular weight excluding hydrogens is 376 g/mol. The van der Waals surface area contributed by atoms with Gasteiger partial charge in [0.1, 0.15) is 0 Å². The van der Waals surface area contributed by atoms with E-state index in [1.54, 1.807) is 22.7 Å². The van der Waals surface area contributed by atoms with Gasteiger partial charge in [0, 0.05) is 17.6 Å². The van der Waals surface area contributed by atoms with Gasteiger partial charge in [0.15, 0.2) is 5.69 Å². The van der Waals surface area contributed by atoms with E-state index in [4.69, 9.17) is 0 Å². The summed E-state index contributed by atoms with van der Waals surface area (Å²) in [5.41, 5.74) is 4.29. The van der Waals surface area contributed by atoms with Crippen LogP contribution in [0.1, 0.15) is 39.2 Å². The molecule has 0 unspecified atom stereocenters. The number of imidazole rings is 1. The lowest BCUT2D eigenvalue weighted by Crippen LogP contribution is -2.17. The van der Waals surface area contributed by atoms with E-state index < -0.39 is 0 Å². The summed E-state index contributed by atoms with van der Waals surface area (Å²) in [7, 11) is 0. The second kappa shape index (κ2) is 8.21. The van der Waals surface area contributed by atoms with Crippen molar-refractivity contribution in [3.8, 4) is 0 Å². The number of benzene rings is 2. The minimum Gasteiger partial charge on any atom is -0.321 e. The fourth-order valence-corrected chi connectivity index (χ4v) is 3.27. The first-order valence-corrected chi connectivity index (χ1v) is 9.81. The van der Waals surface area contributed by atoms with Crippen LogP contribution in [0.5, 0.6) is 0 Å². The first-order valence-electron chi connectivity index (χ1n) is 9.81. The van der Waals surface area contributed by atoms with Crippen LogP contribution in [0.3, 0.4) is 0 Å². The first-order chi connectivity index (χ1) is 14.6. The van der Waals surface area contributed by atoms with Crippen molar-refractivity contribution in [1.29, 1.82) is 0 Å². The maximum Gasteiger partial charge on any atom is 0.292 e. The number of nitrogens with zero attached hydrogens (tertiary/aromatic N) is 2. The fraction of sp³-hybridized carbons (Fsp3) is 0.125. The summed E-state index contributed by atoms with van der Waals surface area (Å²) >= 11 is 0. The number of anilines is 2. The van der Waals surface area contributed by atoms with Crippen LogP contribution in [-0.2, 0) is 6.42 Å². The summed E-state index contributed by atoms with van der Waals surface area (Å²) in [6.07, 6.45) is 2.65. The van der Waals surface area contributed by atoms with E-state index in [1.165, 1.54) is 5.56 Å². The maximum atomic E-state index is 12.9. The number of fused-ring (bicyclic) bond motifs is 1. The Hall–Kier alpha value is -3.93. The van der Waals surface area contributed by atoms with Gasteiger partial charge < -0.3 is 10.6 Å². The molecule has 0 spiro atoms. The van der Waals surface area contributed by atoms with E-state index in [2.05, 4.69) is 22.5 Å². The Kier molecular flexibility index (Phi) is 5.30. The number of aryl methyl sites for hydroxylation is 2. The predicted molar refractivity (Wildman–Crippen MR) is 118 cm³/mol. The van der Waals surface area contributed by atoms with Crippen LogP contribution in [0, 0.1) is 6.92 Å². The summed E-state index contributed by atoms with van der Waals surface area (Å²) in [6.45, 7) is 4.00. The van der Waals surface area contributed by atoms with E-state index in [0.717, 1.165) is 12.0 Å². The topological polar surface area (TPSA) is 75.5 Å². The molecule has 6 nitrogen and oxygen atoms in total. The Bertz CT molecular complexity index is 1230. The maximum absolute atomic E-state index is 12.9. The van der Waals surface area contributed by atoms with E-state index in [-0.39, 0.29) is 23.3 Å². The third-order valence-electron chi connectivity index (χ3n) is 4.98. The van der Waals surface area contributed by atoms with Gasteiger partial charge in [0.05, 0.1) is 5.52 Å². The Labute approximate surface area is 174 Å².